The van der Waals surface area contributed by atoms with Crippen LogP contribution in [-0.2, 0) is 4.79 Å². The monoisotopic (exact) mass is 329 g/mol. The van der Waals surface area contributed by atoms with Gasteiger partial charge in [-0.3, -0.25) is 4.79 Å². The van der Waals surface area contributed by atoms with Crippen molar-refractivity contribution in [1.82, 2.24) is 5.32 Å². The molecule has 24 heavy (non-hydrogen) atoms. The molecular formula is C19H20FNO3. The quantitative estimate of drug-likeness (QED) is 0.934. The third-order valence-corrected chi connectivity index (χ3v) is 3.99. The Bertz CT molecular complexity index is 715. The highest BCUT2D eigenvalue weighted by atomic mass is 19.1. The van der Waals surface area contributed by atoms with Crippen molar-refractivity contribution in [3.63, 3.8) is 0 Å². The highest BCUT2D eigenvalue weighted by Gasteiger charge is 2.29. The molecule has 0 spiro atoms. The van der Waals surface area contributed by atoms with Gasteiger partial charge in [0.05, 0.1) is 6.04 Å². The molecule has 0 bridgehead atoms. The Kier molecular flexibility index (Phi) is 4.69. The van der Waals surface area contributed by atoms with E-state index in [4.69, 9.17) is 9.47 Å². The van der Waals surface area contributed by atoms with Crippen LogP contribution in [0.3, 0.4) is 0 Å². The minimum Gasteiger partial charge on any atom is -0.485 e. The number of halogens is 1. The van der Waals surface area contributed by atoms with Crippen LogP contribution in [0.25, 0.3) is 0 Å². The molecular weight excluding hydrogens is 309 g/mol. The van der Waals surface area contributed by atoms with Gasteiger partial charge in [0, 0.05) is 0 Å². The number of amides is 1. The van der Waals surface area contributed by atoms with Gasteiger partial charge in [-0.25, -0.2) is 4.39 Å². The first-order valence-corrected chi connectivity index (χ1v) is 7.99. The van der Waals surface area contributed by atoms with Crippen molar-refractivity contribution < 1.29 is 18.7 Å². The number of carbonyl (C=O) groups excluding carboxylic acids is 1. The Labute approximate surface area is 140 Å². The van der Waals surface area contributed by atoms with E-state index >= 15 is 0 Å². The van der Waals surface area contributed by atoms with Crippen molar-refractivity contribution in [1.29, 1.82) is 0 Å². The highest BCUT2D eigenvalue weighted by molar-refractivity contribution is 5.82. The van der Waals surface area contributed by atoms with E-state index in [2.05, 4.69) is 5.32 Å². The van der Waals surface area contributed by atoms with Crippen LogP contribution in [0.1, 0.15) is 25.5 Å². The number of para-hydroxylation sites is 2. The smallest absolute Gasteiger partial charge is 0.265 e. The second kappa shape index (κ2) is 6.91. The zero-order valence-corrected chi connectivity index (χ0v) is 13.7. The van der Waals surface area contributed by atoms with Crippen molar-refractivity contribution in [3.8, 4) is 11.5 Å². The third kappa shape index (κ3) is 3.50. The molecule has 5 heteroatoms. The number of hydrogen-bond donors (Lipinski definition) is 1. The fraction of sp³-hybridized carbons (Fsp3) is 0.316. The van der Waals surface area contributed by atoms with Gasteiger partial charge in [0.2, 0.25) is 6.10 Å². The molecule has 0 aromatic heterocycles. The number of benzene rings is 2. The molecule has 3 rings (SSSR count). The Morgan fingerprint density at radius 3 is 2.46 bits per heavy atom. The predicted molar refractivity (Wildman–Crippen MR) is 88.5 cm³/mol. The standard InChI is InChI=1S/C19H20FNO3/c1-12(2)18(13-7-9-14(20)10-8-13)21-19(22)17-11-23-15-5-3-4-6-16(15)24-17/h3-10,12,17-18H,11H2,1-2H3,(H,21,22)/t17-,18+/m0/s1. The van der Waals surface area contributed by atoms with Crippen molar-refractivity contribution in [2.75, 3.05) is 6.61 Å². The molecule has 1 aliphatic heterocycles. The molecule has 2 atom stereocenters. The molecule has 0 aliphatic carbocycles. The number of carbonyl (C=O) groups is 1. The van der Waals surface area contributed by atoms with Crippen LogP contribution in [0.15, 0.2) is 48.5 Å². The lowest BCUT2D eigenvalue weighted by Gasteiger charge is -2.29. The van der Waals surface area contributed by atoms with Gasteiger partial charge in [-0.05, 0) is 35.7 Å². The van der Waals surface area contributed by atoms with E-state index in [1.807, 2.05) is 26.0 Å². The molecule has 1 N–H and O–H groups in total. The Balaban J connectivity index is 1.71. The Hall–Kier alpha value is -2.56. The first-order chi connectivity index (χ1) is 11.5. The zero-order chi connectivity index (χ0) is 17.1. The zero-order valence-electron chi connectivity index (χ0n) is 13.7. The predicted octanol–water partition coefficient (Wildman–Crippen LogP) is 3.48. The van der Waals surface area contributed by atoms with E-state index in [-0.39, 0.29) is 30.3 Å². The molecule has 0 saturated carbocycles. The average Bonchev–Trinajstić information content (AvgIpc) is 2.59. The summed E-state index contributed by atoms with van der Waals surface area (Å²) in [5.41, 5.74) is 0.858. The van der Waals surface area contributed by atoms with Gasteiger partial charge in [-0.1, -0.05) is 38.1 Å². The molecule has 126 valence electrons. The third-order valence-electron chi connectivity index (χ3n) is 3.99. The molecule has 4 nitrogen and oxygen atoms in total. The molecule has 2 aromatic carbocycles. The van der Waals surface area contributed by atoms with Crippen molar-refractivity contribution in [2.45, 2.75) is 26.0 Å². The molecule has 1 aliphatic rings. The van der Waals surface area contributed by atoms with Crippen LogP contribution < -0.4 is 14.8 Å². The topological polar surface area (TPSA) is 47.6 Å². The van der Waals surface area contributed by atoms with Gasteiger partial charge in [0.15, 0.2) is 11.5 Å². The molecule has 0 fully saturated rings. The van der Waals surface area contributed by atoms with E-state index < -0.39 is 6.10 Å². The van der Waals surface area contributed by atoms with Crippen LogP contribution in [0.5, 0.6) is 11.5 Å². The summed E-state index contributed by atoms with van der Waals surface area (Å²) in [6.45, 7) is 4.17. The van der Waals surface area contributed by atoms with Crippen molar-refractivity contribution in [2.24, 2.45) is 5.92 Å². The molecule has 1 heterocycles. The summed E-state index contributed by atoms with van der Waals surface area (Å²) in [5, 5.41) is 2.99. The fourth-order valence-corrected chi connectivity index (χ4v) is 2.70. The maximum atomic E-state index is 13.1. The molecule has 0 radical (unpaired) electrons. The van der Waals surface area contributed by atoms with E-state index in [1.165, 1.54) is 12.1 Å². The van der Waals surface area contributed by atoms with E-state index in [9.17, 15) is 9.18 Å². The van der Waals surface area contributed by atoms with Gasteiger partial charge in [0.25, 0.3) is 5.91 Å². The number of fused-ring (bicyclic) bond motifs is 1. The minimum absolute atomic E-state index is 0.149. The lowest BCUT2D eigenvalue weighted by atomic mass is 9.95. The summed E-state index contributed by atoms with van der Waals surface area (Å²) in [6, 6.07) is 13.2. The maximum Gasteiger partial charge on any atom is 0.265 e. The van der Waals surface area contributed by atoms with Crippen molar-refractivity contribution >= 4 is 5.91 Å². The molecule has 1 amide bonds. The highest BCUT2D eigenvalue weighted by Crippen LogP contribution is 2.31. The van der Waals surface area contributed by atoms with Crippen LogP contribution in [-0.4, -0.2) is 18.6 Å². The minimum atomic E-state index is -0.707. The molecule has 0 saturated heterocycles. The first kappa shape index (κ1) is 16.3. The van der Waals surface area contributed by atoms with Crippen LogP contribution in [0.4, 0.5) is 4.39 Å². The maximum absolute atomic E-state index is 13.1. The molecule has 0 unspecified atom stereocenters. The summed E-state index contributed by atoms with van der Waals surface area (Å²) in [4.78, 5) is 12.6. The lowest BCUT2D eigenvalue weighted by molar-refractivity contribution is -0.131. The van der Waals surface area contributed by atoms with Crippen molar-refractivity contribution in [3.05, 3.63) is 59.9 Å². The van der Waals surface area contributed by atoms with Gasteiger partial charge in [-0.15, -0.1) is 0 Å². The van der Waals surface area contributed by atoms with Gasteiger partial charge >= 0.3 is 0 Å². The summed E-state index contributed by atoms with van der Waals surface area (Å²) in [5.74, 6) is 0.809. The Morgan fingerprint density at radius 2 is 1.79 bits per heavy atom. The first-order valence-electron chi connectivity index (χ1n) is 7.99. The normalized spacial score (nSPS) is 17.4. The number of rotatable bonds is 4. The number of ether oxygens (including phenoxy) is 2. The van der Waals surface area contributed by atoms with E-state index in [0.29, 0.717) is 11.5 Å². The van der Waals surface area contributed by atoms with Gasteiger partial charge in [0.1, 0.15) is 12.4 Å². The summed E-state index contributed by atoms with van der Waals surface area (Å²) in [6.07, 6.45) is -0.707. The Morgan fingerprint density at radius 1 is 1.12 bits per heavy atom. The van der Waals surface area contributed by atoms with Crippen LogP contribution in [0, 0.1) is 11.7 Å². The van der Waals surface area contributed by atoms with Gasteiger partial charge < -0.3 is 14.8 Å². The fourth-order valence-electron chi connectivity index (χ4n) is 2.70. The second-order valence-corrected chi connectivity index (χ2v) is 6.15. The lowest BCUT2D eigenvalue weighted by Crippen LogP contribution is -2.46. The van der Waals surface area contributed by atoms with Crippen LogP contribution in [0.2, 0.25) is 0 Å². The summed E-state index contributed by atoms with van der Waals surface area (Å²) in [7, 11) is 0. The van der Waals surface area contributed by atoms with Crippen LogP contribution >= 0.6 is 0 Å². The average molecular weight is 329 g/mol. The van der Waals surface area contributed by atoms with E-state index in [1.54, 1.807) is 24.3 Å². The van der Waals surface area contributed by atoms with E-state index in [0.717, 1.165) is 5.56 Å². The summed E-state index contributed by atoms with van der Waals surface area (Å²) < 4.78 is 24.4. The van der Waals surface area contributed by atoms with Gasteiger partial charge in [-0.2, -0.15) is 0 Å². The SMILES string of the molecule is CC(C)[C@@H](NC(=O)[C@@H]1COc2ccccc2O1)c1ccc(F)cc1. The second-order valence-electron chi connectivity index (χ2n) is 6.15. The summed E-state index contributed by atoms with van der Waals surface area (Å²) >= 11 is 0. The number of hydrogen-bond acceptors (Lipinski definition) is 3. The molecule has 2 aromatic rings. The number of nitrogens with one attached hydrogen (secondary N) is 1. The largest absolute Gasteiger partial charge is 0.485 e.